The third-order valence-corrected chi connectivity index (χ3v) is 3.29. The van der Waals surface area contributed by atoms with Crippen LogP contribution in [0.3, 0.4) is 0 Å². The van der Waals surface area contributed by atoms with Crippen molar-refractivity contribution in [2.75, 3.05) is 19.6 Å². The molecule has 1 atom stereocenters. The summed E-state index contributed by atoms with van der Waals surface area (Å²) in [5, 5.41) is 22.2. The first-order valence-corrected chi connectivity index (χ1v) is 6.17. The molecule has 1 fully saturated rings. The van der Waals surface area contributed by atoms with Crippen molar-refractivity contribution in [3.8, 4) is 11.5 Å². The molecule has 1 aromatic carbocycles. The summed E-state index contributed by atoms with van der Waals surface area (Å²) >= 11 is 0. The Bertz CT molecular complexity index is 442. The molecule has 0 aliphatic carbocycles. The lowest BCUT2D eigenvalue weighted by atomic mass is 10.1. The first kappa shape index (κ1) is 12.7. The van der Waals surface area contributed by atoms with Crippen molar-refractivity contribution in [1.82, 2.24) is 10.2 Å². The van der Waals surface area contributed by atoms with Crippen molar-refractivity contribution in [2.24, 2.45) is 0 Å². The van der Waals surface area contributed by atoms with E-state index in [-0.39, 0.29) is 29.0 Å². The van der Waals surface area contributed by atoms with Crippen LogP contribution in [0.15, 0.2) is 18.2 Å². The van der Waals surface area contributed by atoms with Gasteiger partial charge in [0.2, 0.25) is 0 Å². The summed E-state index contributed by atoms with van der Waals surface area (Å²) in [6.07, 6.45) is 0.929. The van der Waals surface area contributed by atoms with Crippen LogP contribution in [0.2, 0.25) is 0 Å². The number of nitrogens with zero attached hydrogens (tertiary/aromatic N) is 1. The average Bonchev–Trinajstić information content (AvgIpc) is 2.83. The molecule has 2 rings (SSSR count). The molecule has 18 heavy (non-hydrogen) atoms. The van der Waals surface area contributed by atoms with Crippen LogP contribution in [-0.2, 0) is 0 Å². The summed E-state index contributed by atoms with van der Waals surface area (Å²) in [4.78, 5) is 14.1. The van der Waals surface area contributed by atoms with Crippen LogP contribution < -0.4 is 5.32 Å². The Kier molecular flexibility index (Phi) is 3.72. The van der Waals surface area contributed by atoms with E-state index >= 15 is 0 Å². The summed E-state index contributed by atoms with van der Waals surface area (Å²) in [6.45, 7) is 4.23. The molecule has 0 spiro atoms. The predicted molar refractivity (Wildman–Crippen MR) is 67.8 cm³/mol. The zero-order valence-corrected chi connectivity index (χ0v) is 10.4. The van der Waals surface area contributed by atoms with Gasteiger partial charge in [-0.3, -0.25) is 4.79 Å². The third-order valence-electron chi connectivity index (χ3n) is 3.29. The number of phenols is 2. The minimum atomic E-state index is -0.191. The number of aromatic hydroxyl groups is 2. The van der Waals surface area contributed by atoms with Gasteiger partial charge in [0.05, 0.1) is 5.56 Å². The second-order valence-corrected chi connectivity index (χ2v) is 4.44. The van der Waals surface area contributed by atoms with E-state index in [9.17, 15) is 15.0 Å². The molecule has 1 saturated heterocycles. The normalized spacial score (nSPS) is 18.8. The number of nitrogens with one attached hydrogen (secondary N) is 1. The smallest absolute Gasteiger partial charge is 0.257 e. The maximum absolute atomic E-state index is 12.4. The highest BCUT2D eigenvalue weighted by Gasteiger charge is 2.27. The quantitative estimate of drug-likeness (QED) is 0.746. The number of hydrogen-bond acceptors (Lipinski definition) is 4. The average molecular weight is 250 g/mol. The maximum atomic E-state index is 12.4. The van der Waals surface area contributed by atoms with Crippen LogP contribution in [0.4, 0.5) is 0 Å². The number of carbonyl (C=O) groups is 1. The molecular formula is C13H18N2O3. The summed E-state index contributed by atoms with van der Waals surface area (Å²) in [6, 6.07) is 4.23. The van der Waals surface area contributed by atoms with Gasteiger partial charge in [-0.05, 0) is 32.0 Å². The third kappa shape index (κ3) is 2.41. The summed E-state index contributed by atoms with van der Waals surface area (Å²) in [5.41, 5.74) is 0.238. The summed E-state index contributed by atoms with van der Waals surface area (Å²) < 4.78 is 0. The van der Waals surface area contributed by atoms with E-state index < -0.39 is 0 Å². The van der Waals surface area contributed by atoms with Gasteiger partial charge in [-0.2, -0.15) is 0 Å². The van der Waals surface area contributed by atoms with Gasteiger partial charge in [0, 0.05) is 25.2 Å². The highest BCUT2D eigenvalue weighted by atomic mass is 16.3. The van der Waals surface area contributed by atoms with Crippen molar-refractivity contribution in [2.45, 2.75) is 19.4 Å². The van der Waals surface area contributed by atoms with Crippen molar-refractivity contribution < 1.29 is 15.0 Å². The second-order valence-electron chi connectivity index (χ2n) is 4.44. The van der Waals surface area contributed by atoms with Crippen LogP contribution in [0, 0.1) is 0 Å². The van der Waals surface area contributed by atoms with Crippen molar-refractivity contribution >= 4 is 5.91 Å². The fourth-order valence-corrected chi connectivity index (χ4v) is 2.33. The monoisotopic (exact) mass is 250 g/mol. The standard InChI is InChI=1S/C13H18N2O3/c1-2-15(9-5-6-14-8-9)13(18)11-4-3-10(16)7-12(11)17/h3-4,7,9,14,16-17H,2,5-6,8H2,1H3. The number of rotatable bonds is 3. The molecule has 5 heteroatoms. The SMILES string of the molecule is CCN(C(=O)c1ccc(O)cc1O)C1CCNC1. The zero-order chi connectivity index (χ0) is 13.1. The number of amides is 1. The highest BCUT2D eigenvalue weighted by molar-refractivity contribution is 5.97. The van der Waals surface area contributed by atoms with E-state index in [1.54, 1.807) is 4.90 Å². The van der Waals surface area contributed by atoms with Crippen LogP contribution in [0.1, 0.15) is 23.7 Å². The molecular weight excluding hydrogens is 232 g/mol. The van der Waals surface area contributed by atoms with E-state index in [1.807, 2.05) is 6.92 Å². The summed E-state index contributed by atoms with van der Waals surface area (Å²) in [7, 11) is 0. The minimum Gasteiger partial charge on any atom is -0.508 e. The Hall–Kier alpha value is -1.75. The van der Waals surface area contributed by atoms with E-state index in [1.165, 1.54) is 18.2 Å². The molecule has 0 bridgehead atoms. The number of phenolic OH excluding ortho intramolecular Hbond substituents is 2. The van der Waals surface area contributed by atoms with Crippen LogP contribution in [-0.4, -0.2) is 46.7 Å². The van der Waals surface area contributed by atoms with Crippen molar-refractivity contribution in [3.05, 3.63) is 23.8 Å². The van der Waals surface area contributed by atoms with Gasteiger partial charge < -0.3 is 20.4 Å². The molecule has 0 aromatic heterocycles. The maximum Gasteiger partial charge on any atom is 0.257 e. The Balaban J connectivity index is 2.22. The largest absolute Gasteiger partial charge is 0.508 e. The van der Waals surface area contributed by atoms with Gasteiger partial charge in [0.1, 0.15) is 11.5 Å². The van der Waals surface area contributed by atoms with Crippen molar-refractivity contribution in [1.29, 1.82) is 0 Å². The van der Waals surface area contributed by atoms with Crippen LogP contribution in [0.25, 0.3) is 0 Å². The molecule has 98 valence electrons. The first-order valence-electron chi connectivity index (χ1n) is 6.17. The fraction of sp³-hybridized carbons (Fsp3) is 0.462. The molecule has 1 aliphatic rings. The minimum absolute atomic E-state index is 0.0466. The lowest BCUT2D eigenvalue weighted by molar-refractivity contribution is 0.0700. The van der Waals surface area contributed by atoms with Crippen LogP contribution in [0.5, 0.6) is 11.5 Å². The van der Waals surface area contributed by atoms with E-state index in [2.05, 4.69) is 5.32 Å². The Morgan fingerprint density at radius 2 is 2.28 bits per heavy atom. The molecule has 5 nitrogen and oxygen atoms in total. The van der Waals surface area contributed by atoms with E-state index in [0.29, 0.717) is 6.54 Å². The molecule has 1 unspecified atom stereocenters. The molecule has 1 aromatic rings. The Morgan fingerprint density at radius 1 is 1.50 bits per heavy atom. The number of carbonyl (C=O) groups excluding carboxylic acids is 1. The van der Waals surface area contributed by atoms with E-state index in [4.69, 9.17) is 0 Å². The molecule has 1 aliphatic heterocycles. The number of benzene rings is 1. The van der Waals surface area contributed by atoms with Gasteiger partial charge in [-0.25, -0.2) is 0 Å². The number of hydrogen-bond donors (Lipinski definition) is 3. The highest BCUT2D eigenvalue weighted by Crippen LogP contribution is 2.25. The fourth-order valence-electron chi connectivity index (χ4n) is 2.33. The second kappa shape index (κ2) is 5.27. The number of likely N-dealkylation sites (N-methyl/N-ethyl adjacent to an activating group) is 1. The van der Waals surface area contributed by atoms with Gasteiger partial charge in [-0.1, -0.05) is 0 Å². The molecule has 3 N–H and O–H groups in total. The summed E-state index contributed by atoms with van der Waals surface area (Å²) in [5.74, 6) is -0.414. The first-order chi connectivity index (χ1) is 8.63. The topological polar surface area (TPSA) is 72.8 Å². The lowest BCUT2D eigenvalue weighted by Gasteiger charge is -2.27. The molecule has 1 heterocycles. The molecule has 1 amide bonds. The zero-order valence-electron chi connectivity index (χ0n) is 10.4. The predicted octanol–water partition coefficient (Wildman–Crippen LogP) is 0.922. The Morgan fingerprint density at radius 3 is 2.83 bits per heavy atom. The van der Waals surface area contributed by atoms with E-state index in [0.717, 1.165) is 19.5 Å². The van der Waals surface area contributed by atoms with Gasteiger partial charge in [0.25, 0.3) is 5.91 Å². The molecule has 0 radical (unpaired) electrons. The Labute approximate surface area is 106 Å². The lowest BCUT2D eigenvalue weighted by Crippen LogP contribution is -2.41. The van der Waals surface area contributed by atoms with Crippen LogP contribution >= 0.6 is 0 Å². The van der Waals surface area contributed by atoms with Gasteiger partial charge >= 0.3 is 0 Å². The van der Waals surface area contributed by atoms with Crippen molar-refractivity contribution in [3.63, 3.8) is 0 Å². The van der Waals surface area contributed by atoms with Gasteiger partial charge in [-0.15, -0.1) is 0 Å². The molecule has 0 saturated carbocycles. The van der Waals surface area contributed by atoms with Gasteiger partial charge in [0.15, 0.2) is 0 Å².